The lowest BCUT2D eigenvalue weighted by Crippen LogP contribution is -2.37. The van der Waals surface area contributed by atoms with E-state index in [2.05, 4.69) is 21.1 Å². The van der Waals surface area contributed by atoms with Gasteiger partial charge in [-0.15, -0.1) is 0 Å². The molecular formula is C8H10N3O. The maximum absolute atomic E-state index is 4.89. The Labute approximate surface area is 71.2 Å². The summed E-state index contributed by atoms with van der Waals surface area (Å²) in [4.78, 5) is 10.2. The number of nitrogens with zero attached hydrogens (tertiary/aromatic N) is 3. The van der Waals surface area contributed by atoms with Crippen LogP contribution in [0.25, 0.3) is 0 Å². The Kier molecular flexibility index (Phi) is 1.81. The molecule has 1 aromatic rings. The van der Waals surface area contributed by atoms with Crippen LogP contribution in [0.2, 0.25) is 0 Å². The third-order valence-corrected chi connectivity index (χ3v) is 1.93. The van der Waals surface area contributed by atoms with E-state index in [-0.39, 0.29) is 0 Å². The number of ether oxygens (including phenoxy) is 1. The molecule has 0 atom stereocenters. The van der Waals surface area contributed by atoms with E-state index in [1.807, 2.05) is 0 Å². The maximum Gasteiger partial charge on any atom is 0.318 e. The topological polar surface area (TPSA) is 38.2 Å². The highest BCUT2D eigenvalue weighted by molar-refractivity contribution is 5.40. The first-order valence-corrected chi connectivity index (χ1v) is 3.94. The molecule has 0 N–H and O–H groups in total. The van der Waals surface area contributed by atoms with Crippen molar-refractivity contribution in [1.82, 2.24) is 9.97 Å². The second kappa shape index (κ2) is 2.97. The van der Waals surface area contributed by atoms with Crippen molar-refractivity contribution in [2.75, 3.05) is 25.1 Å². The van der Waals surface area contributed by atoms with Crippen LogP contribution in [0, 0.1) is 6.20 Å². The van der Waals surface area contributed by atoms with E-state index in [4.69, 9.17) is 4.74 Å². The predicted molar refractivity (Wildman–Crippen MR) is 44.3 cm³/mol. The summed E-state index contributed by atoms with van der Waals surface area (Å²) in [6.07, 6.45) is 3.99. The van der Waals surface area contributed by atoms with Gasteiger partial charge >= 0.3 is 6.01 Å². The van der Waals surface area contributed by atoms with E-state index < -0.39 is 0 Å². The van der Waals surface area contributed by atoms with E-state index in [1.165, 1.54) is 6.42 Å². The number of aromatic nitrogens is 2. The van der Waals surface area contributed by atoms with E-state index in [9.17, 15) is 0 Å². The minimum absolute atomic E-state index is 0.388. The number of rotatable bonds is 2. The second-order valence-corrected chi connectivity index (χ2v) is 2.68. The fourth-order valence-electron chi connectivity index (χ4n) is 1.10. The highest BCUT2D eigenvalue weighted by Crippen LogP contribution is 2.18. The van der Waals surface area contributed by atoms with Crippen LogP contribution in [0.4, 0.5) is 5.82 Å². The summed E-state index contributed by atoms with van der Waals surface area (Å²) in [6, 6.07) is 2.17. The van der Waals surface area contributed by atoms with Gasteiger partial charge in [-0.1, -0.05) is 0 Å². The third-order valence-electron chi connectivity index (χ3n) is 1.93. The van der Waals surface area contributed by atoms with Crippen LogP contribution in [0.3, 0.4) is 0 Å². The smallest absolute Gasteiger partial charge is 0.318 e. The standard InChI is InChI=1S/C8H10N3O/c1-12-8-9-4-3-7(10-8)11-5-2-6-11/h3H,2,5-6H2,1H3. The van der Waals surface area contributed by atoms with Gasteiger partial charge in [0.05, 0.1) is 13.3 Å². The van der Waals surface area contributed by atoms with Crippen molar-refractivity contribution in [2.24, 2.45) is 0 Å². The summed E-state index contributed by atoms with van der Waals surface area (Å²) in [5.41, 5.74) is 0. The van der Waals surface area contributed by atoms with E-state index in [0.29, 0.717) is 6.01 Å². The highest BCUT2D eigenvalue weighted by atomic mass is 16.5. The molecule has 1 aliphatic heterocycles. The van der Waals surface area contributed by atoms with Crippen LogP contribution in [-0.2, 0) is 0 Å². The Bertz CT molecular complexity index is 273. The first kappa shape index (κ1) is 7.34. The van der Waals surface area contributed by atoms with Gasteiger partial charge in [-0.3, -0.25) is 0 Å². The fraction of sp³-hybridized carbons (Fsp3) is 0.500. The van der Waals surface area contributed by atoms with Crippen LogP contribution < -0.4 is 9.64 Å². The first-order valence-electron chi connectivity index (χ1n) is 3.94. The highest BCUT2D eigenvalue weighted by Gasteiger charge is 2.15. The van der Waals surface area contributed by atoms with Crippen molar-refractivity contribution in [3.05, 3.63) is 12.3 Å². The predicted octanol–water partition coefficient (Wildman–Crippen LogP) is 0.495. The molecule has 63 valence electrons. The Hall–Kier alpha value is -1.32. The largest absolute Gasteiger partial charge is 0.467 e. The van der Waals surface area contributed by atoms with Crippen LogP contribution in [-0.4, -0.2) is 30.2 Å². The van der Waals surface area contributed by atoms with Crippen LogP contribution in [0.15, 0.2) is 6.07 Å². The molecule has 4 nitrogen and oxygen atoms in total. The quantitative estimate of drug-likeness (QED) is 0.637. The molecular weight excluding hydrogens is 154 g/mol. The van der Waals surface area contributed by atoms with Gasteiger partial charge in [0.1, 0.15) is 5.82 Å². The molecule has 0 spiro atoms. The molecule has 4 heteroatoms. The van der Waals surface area contributed by atoms with Crippen molar-refractivity contribution in [3.8, 4) is 6.01 Å². The lowest BCUT2D eigenvalue weighted by Gasteiger charge is -2.31. The molecule has 1 aromatic heterocycles. The van der Waals surface area contributed by atoms with Crippen molar-refractivity contribution in [1.29, 1.82) is 0 Å². The zero-order valence-electron chi connectivity index (χ0n) is 6.95. The van der Waals surface area contributed by atoms with Gasteiger partial charge in [-0.25, -0.2) is 0 Å². The first-order chi connectivity index (χ1) is 5.90. The molecule has 1 radical (unpaired) electrons. The summed E-state index contributed by atoms with van der Waals surface area (Å²) >= 11 is 0. The minimum Gasteiger partial charge on any atom is -0.467 e. The van der Waals surface area contributed by atoms with Gasteiger partial charge in [-0.2, -0.15) is 9.97 Å². The normalized spacial score (nSPS) is 15.6. The van der Waals surface area contributed by atoms with E-state index in [1.54, 1.807) is 13.2 Å². The van der Waals surface area contributed by atoms with E-state index >= 15 is 0 Å². The van der Waals surface area contributed by atoms with Gasteiger partial charge in [0.2, 0.25) is 0 Å². The Balaban J connectivity index is 2.19. The number of hydrogen-bond acceptors (Lipinski definition) is 4. The molecule has 0 unspecified atom stereocenters. The number of hydrogen-bond donors (Lipinski definition) is 0. The molecule has 0 aliphatic carbocycles. The van der Waals surface area contributed by atoms with Crippen LogP contribution in [0.1, 0.15) is 6.42 Å². The zero-order chi connectivity index (χ0) is 8.39. The van der Waals surface area contributed by atoms with Crippen molar-refractivity contribution < 1.29 is 4.74 Å². The molecule has 2 rings (SSSR count). The maximum atomic E-state index is 4.89. The second-order valence-electron chi connectivity index (χ2n) is 2.68. The van der Waals surface area contributed by atoms with Gasteiger partial charge in [0, 0.05) is 19.2 Å². The molecule has 0 amide bonds. The van der Waals surface area contributed by atoms with Crippen LogP contribution in [0.5, 0.6) is 6.01 Å². The van der Waals surface area contributed by atoms with Gasteiger partial charge in [0.15, 0.2) is 0 Å². The Morgan fingerprint density at radius 3 is 3.00 bits per heavy atom. The van der Waals surface area contributed by atoms with Crippen LogP contribution >= 0.6 is 0 Å². The monoisotopic (exact) mass is 164 g/mol. The summed E-state index contributed by atoms with van der Waals surface area (Å²) in [7, 11) is 1.56. The molecule has 0 saturated carbocycles. The van der Waals surface area contributed by atoms with Crippen molar-refractivity contribution >= 4 is 5.82 Å². The molecule has 12 heavy (non-hydrogen) atoms. The summed E-state index contributed by atoms with van der Waals surface area (Å²) in [6.45, 7) is 2.15. The zero-order valence-corrected chi connectivity index (χ0v) is 6.95. The minimum atomic E-state index is 0.388. The van der Waals surface area contributed by atoms with Crippen molar-refractivity contribution in [2.45, 2.75) is 6.42 Å². The van der Waals surface area contributed by atoms with Gasteiger partial charge in [0.25, 0.3) is 0 Å². The van der Waals surface area contributed by atoms with Crippen molar-refractivity contribution in [3.63, 3.8) is 0 Å². The lowest BCUT2D eigenvalue weighted by atomic mass is 10.2. The molecule has 2 heterocycles. The average molecular weight is 164 g/mol. The lowest BCUT2D eigenvalue weighted by molar-refractivity contribution is 0.378. The SMILES string of the molecule is COc1n[c]cc(N2CCC2)n1. The fourth-order valence-corrected chi connectivity index (χ4v) is 1.10. The summed E-state index contributed by atoms with van der Waals surface area (Å²) in [5.74, 6) is 0.910. The summed E-state index contributed by atoms with van der Waals surface area (Å²) < 4.78 is 4.89. The molecule has 1 aliphatic rings. The molecule has 0 bridgehead atoms. The average Bonchev–Trinajstić information content (AvgIpc) is 2.02. The third kappa shape index (κ3) is 1.20. The Morgan fingerprint density at radius 1 is 1.58 bits per heavy atom. The number of anilines is 1. The molecule has 1 fully saturated rings. The Morgan fingerprint density at radius 2 is 2.42 bits per heavy atom. The molecule has 0 aromatic carbocycles. The van der Waals surface area contributed by atoms with E-state index in [0.717, 1.165) is 18.9 Å². The van der Waals surface area contributed by atoms with Gasteiger partial charge < -0.3 is 9.64 Å². The summed E-state index contributed by atoms with van der Waals surface area (Å²) in [5, 5.41) is 0. The molecule has 1 saturated heterocycles. The van der Waals surface area contributed by atoms with Gasteiger partial charge in [-0.05, 0) is 6.42 Å². The number of methoxy groups -OCH3 is 1.